The monoisotopic (exact) mass is 463 g/mol. The summed E-state index contributed by atoms with van der Waals surface area (Å²) in [5.74, 6) is -0.253. The summed E-state index contributed by atoms with van der Waals surface area (Å²) in [7, 11) is 3.16. The van der Waals surface area contributed by atoms with Crippen molar-refractivity contribution in [1.82, 2.24) is 24.6 Å². The first-order valence-corrected chi connectivity index (χ1v) is 10.5. The van der Waals surface area contributed by atoms with Gasteiger partial charge in [-0.15, -0.1) is 0 Å². The van der Waals surface area contributed by atoms with E-state index < -0.39 is 11.7 Å². The molecular weight excluding hydrogens is 439 g/mol. The molecule has 1 saturated heterocycles. The summed E-state index contributed by atoms with van der Waals surface area (Å²) in [5.41, 5.74) is 1.35. The molecule has 9 nitrogen and oxygen atoms in total. The number of ether oxygens (including phenoxy) is 1. The molecule has 2 aromatic heterocycles. The van der Waals surface area contributed by atoms with E-state index in [1.807, 2.05) is 12.1 Å². The normalized spacial score (nSPS) is 14.5. The molecule has 176 valence electrons. The number of amides is 1. The van der Waals surface area contributed by atoms with Crippen molar-refractivity contribution in [2.24, 2.45) is 7.05 Å². The van der Waals surface area contributed by atoms with Crippen LogP contribution in [0.1, 0.15) is 17.5 Å². The third-order valence-corrected chi connectivity index (χ3v) is 5.50. The first kappa shape index (κ1) is 22.8. The zero-order valence-electron chi connectivity index (χ0n) is 18.2. The zero-order chi connectivity index (χ0) is 23.6. The largest absolute Gasteiger partial charge is 0.421 e. The SMILES string of the molecule is CNc1nc(Nc2cc(CCC(=O)N3CCOCC3)cc3c2cnn3C)ncc1C(F)(F)F. The van der Waals surface area contributed by atoms with Crippen molar-refractivity contribution in [2.45, 2.75) is 19.0 Å². The van der Waals surface area contributed by atoms with Gasteiger partial charge in [0.05, 0.1) is 30.6 Å². The van der Waals surface area contributed by atoms with Crippen molar-refractivity contribution in [1.29, 1.82) is 0 Å². The van der Waals surface area contributed by atoms with E-state index in [2.05, 4.69) is 25.7 Å². The topological polar surface area (TPSA) is 97.2 Å². The Balaban J connectivity index is 1.59. The molecule has 1 aliphatic rings. The van der Waals surface area contributed by atoms with Gasteiger partial charge in [-0.1, -0.05) is 0 Å². The molecule has 33 heavy (non-hydrogen) atoms. The lowest BCUT2D eigenvalue weighted by atomic mass is 10.1. The maximum atomic E-state index is 13.2. The van der Waals surface area contributed by atoms with E-state index >= 15 is 0 Å². The van der Waals surface area contributed by atoms with Crippen LogP contribution in [0.2, 0.25) is 0 Å². The Hall–Kier alpha value is -3.41. The second-order valence-electron chi connectivity index (χ2n) is 7.67. The van der Waals surface area contributed by atoms with Crippen molar-refractivity contribution in [3.05, 3.63) is 35.7 Å². The Morgan fingerprint density at radius 2 is 1.97 bits per heavy atom. The number of nitrogens with one attached hydrogen (secondary N) is 2. The summed E-state index contributed by atoms with van der Waals surface area (Å²) in [6.07, 6.45) is -1.33. The molecule has 4 rings (SSSR count). The van der Waals surface area contributed by atoms with E-state index in [0.29, 0.717) is 44.8 Å². The predicted molar refractivity (Wildman–Crippen MR) is 116 cm³/mol. The van der Waals surface area contributed by atoms with Gasteiger partial charge < -0.3 is 20.3 Å². The predicted octanol–water partition coefficient (Wildman–Crippen LogP) is 2.96. The second-order valence-corrected chi connectivity index (χ2v) is 7.67. The number of morpholine rings is 1. The Bertz CT molecular complexity index is 1160. The fourth-order valence-electron chi connectivity index (χ4n) is 3.74. The van der Waals surface area contributed by atoms with E-state index in [4.69, 9.17) is 4.74 Å². The van der Waals surface area contributed by atoms with Gasteiger partial charge in [-0.2, -0.15) is 23.3 Å². The minimum Gasteiger partial charge on any atom is -0.378 e. The van der Waals surface area contributed by atoms with Crippen LogP contribution in [0.15, 0.2) is 24.5 Å². The van der Waals surface area contributed by atoms with E-state index in [-0.39, 0.29) is 17.7 Å². The lowest BCUT2D eigenvalue weighted by Crippen LogP contribution is -2.40. The Morgan fingerprint density at radius 1 is 1.21 bits per heavy atom. The number of carbonyl (C=O) groups is 1. The molecule has 1 amide bonds. The molecule has 1 fully saturated rings. The third kappa shape index (κ3) is 5.00. The summed E-state index contributed by atoms with van der Waals surface area (Å²) < 4.78 is 46.4. The summed E-state index contributed by atoms with van der Waals surface area (Å²) in [6, 6.07) is 3.80. The van der Waals surface area contributed by atoms with E-state index in [1.54, 1.807) is 22.8 Å². The van der Waals surface area contributed by atoms with Crippen LogP contribution in [-0.2, 0) is 29.2 Å². The van der Waals surface area contributed by atoms with Gasteiger partial charge in [-0.05, 0) is 24.1 Å². The summed E-state index contributed by atoms with van der Waals surface area (Å²) in [5, 5.41) is 10.5. The number of aromatic nitrogens is 4. The first-order chi connectivity index (χ1) is 15.8. The van der Waals surface area contributed by atoms with E-state index in [1.165, 1.54) is 7.05 Å². The van der Waals surface area contributed by atoms with Gasteiger partial charge in [0.25, 0.3) is 0 Å². The number of nitrogens with zero attached hydrogens (tertiary/aromatic N) is 5. The van der Waals surface area contributed by atoms with Gasteiger partial charge in [-0.3, -0.25) is 9.48 Å². The molecule has 3 heterocycles. The summed E-state index contributed by atoms with van der Waals surface area (Å²) in [4.78, 5) is 22.1. The zero-order valence-corrected chi connectivity index (χ0v) is 18.2. The number of aryl methyl sites for hydroxylation is 2. The highest BCUT2D eigenvalue weighted by Gasteiger charge is 2.35. The maximum Gasteiger partial charge on any atom is 0.421 e. The summed E-state index contributed by atoms with van der Waals surface area (Å²) >= 11 is 0. The van der Waals surface area contributed by atoms with Gasteiger partial charge in [0, 0.05) is 45.2 Å². The maximum absolute atomic E-state index is 13.2. The number of alkyl halides is 3. The highest BCUT2D eigenvalue weighted by molar-refractivity contribution is 5.93. The minimum absolute atomic E-state index is 0.0130. The highest BCUT2D eigenvalue weighted by Crippen LogP contribution is 2.34. The van der Waals surface area contributed by atoms with Crippen LogP contribution in [0, 0.1) is 0 Å². The van der Waals surface area contributed by atoms with Gasteiger partial charge in [0.1, 0.15) is 11.4 Å². The molecule has 0 saturated carbocycles. The van der Waals surface area contributed by atoms with E-state index in [0.717, 1.165) is 22.7 Å². The average molecular weight is 463 g/mol. The fraction of sp³-hybridized carbons (Fsp3) is 0.429. The van der Waals surface area contributed by atoms with Crippen molar-refractivity contribution >= 4 is 34.3 Å². The van der Waals surface area contributed by atoms with Gasteiger partial charge >= 0.3 is 6.18 Å². The minimum atomic E-state index is -4.57. The molecule has 1 aromatic carbocycles. The standard InChI is InChI=1S/C21H24F3N7O2/c1-25-19-15(21(22,23)24)12-26-20(29-19)28-16-9-13(10-17-14(16)11-27-30(17)2)3-4-18(32)31-5-7-33-8-6-31/h9-12H,3-8H2,1-2H3,(H2,25,26,28,29). The highest BCUT2D eigenvalue weighted by atomic mass is 19.4. The molecule has 0 bridgehead atoms. The fourth-order valence-corrected chi connectivity index (χ4v) is 3.74. The molecule has 12 heteroatoms. The van der Waals surface area contributed by atoms with Gasteiger partial charge in [0.15, 0.2) is 0 Å². The van der Waals surface area contributed by atoms with Crippen LogP contribution in [0.4, 0.5) is 30.6 Å². The molecule has 0 aliphatic carbocycles. The molecule has 3 aromatic rings. The van der Waals surface area contributed by atoms with Crippen LogP contribution < -0.4 is 10.6 Å². The number of fused-ring (bicyclic) bond motifs is 1. The third-order valence-electron chi connectivity index (χ3n) is 5.50. The van der Waals surface area contributed by atoms with Crippen LogP contribution in [0.5, 0.6) is 0 Å². The summed E-state index contributed by atoms with van der Waals surface area (Å²) in [6.45, 7) is 2.27. The lowest BCUT2D eigenvalue weighted by Gasteiger charge is -2.26. The van der Waals surface area contributed by atoms with Gasteiger partial charge in [-0.25, -0.2) is 4.98 Å². The second kappa shape index (κ2) is 9.22. The number of halogens is 3. The molecular formula is C21H24F3N7O2. The Kier molecular flexibility index (Phi) is 6.36. The Labute approximate surface area is 187 Å². The van der Waals surface area contributed by atoms with Crippen molar-refractivity contribution in [2.75, 3.05) is 44.0 Å². The average Bonchev–Trinajstić information content (AvgIpc) is 3.18. The molecule has 1 aliphatic heterocycles. The number of hydrogen-bond donors (Lipinski definition) is 2. The van der Waals surface area contributed by atoms with Crippen molar-refractivity contribution < 1.29 is 22.7 Å². The quantitative estimate of drug-likeness (QED) is 0.580. The first-order valence-electron chi connectivity index (χ1n) is 10.5. The lowest BCUT2D eigenvalue weighted by molar-refractivity contribution is -0.137. The molecule has 0 spiro atoms. The molecule has 0 atom stereocenters. The van der Waals surface area contributed by atoms with Crippen LogP contribution >= 0.6 is 0 Å². The number of carbonyl (C=O) groups excluding carboxylic acids is 1. The van der Waals surface area contributed by atoms with Crippen LogP contribution in [-0.4, -0.2) is 63.9 Å². The smallest absolute Gasteiger partial charge is 0.378 e. The molecule has 0 unspecified atom stereocenters. The molecule has 2 N–H and O–H groups in total. The number of anilines is 3. The Morgan fingerprint density at radius 3 is 2.67 bits per heavy atom. The van der Waals surface area contributed by atoms with Crippen LogP contribution in [0.25, 0.3) is 10.9 Å². The number of rotatable bonds is 6. The van der Waals surface area contributed by atoms with Crippen LogP contribution in [0.3, 0.4) is 0 Å². The molecule has 0 radical (unpaired) electrons. The number of hydrogen-bond acceptors (Lipinski definition) is 7. The van der Waals surface area contributed by atoms with Crippen molar-refractivity contribution in [3.63, 3.8) is 0 Å². The number of benzene rings is 1. The van der Waals surface area contributed by atoms with Gasteiger partial charge in [0.2, 0.25) is 11.9 Å². The van der Waals surface area contributed by atoms with Crippen molar-refractivity contribution in [3.8, 4) is 0 Å². The van der Waals surface area contributed by atoms with E-state index in [9.17, 15) is 18.0 Å².